The second-order valence-corrected chi connectivity index (χ2v) is 5.37. The van der Waals surface area contributed by atoms with Crippen molar-refractivity contribution < 1.29 is 14.0 Å². The largest absolute Gasteiger partial charge is 0.459 e. The van der Waals surface area contributed by atoms with Gasteiger partial charge in [0, 0.05) is 0 Å². The van der Waals surface area contributed by atoms with E-state index in [0.717, 1.165) is 12.2 Å². The van der Waals surface area contributed by atoms with Crippen LogP contribution in [0.3, 0.4) is 0 Å². The highest BCUT2D eigenvalue weighted by Crippen LogP contribution is 2.06. The topological polar surface area (TPSA) is 71.3 Å². The zero-order valence-electron chi connectivity index (χ0n) is 11.4. The summed E-state index contributed by atoms with van der Waals surface area (Å²) in [7, 11) is 0. The number of hydrazine groups is 1. The van der Waals surface area contributed by atoms with Gasteiger partial charge >= 0.3 is 5.91 Å². The van der Waals surface area contributed by atoms with E-state index in [9.17, 15) is 9.59 Å². The molecule has 21 heavy (non-hydrogen) atoms. The molecule has 6 heteroatoms. The molecule has 1 aromatic carbocycles. The van der Waals surface area contributed by atoms with Gasteiger partial charge in [-0.3, -0.25) is 20.4 Å². The lowest BCUT2D eigenvalue weighted by Crippen LogP contribution is -2.42. The molecule has 0 atom stereocenters. The van der Waals surface area contributed by atoms with Crippen molar-refractivity contribution in [2.24, 2.45) is 0 Å². The Balaban J connectivity index is 1.59. The minimum Gasteiger partial charge on any atom is -0.459 e. The van der Waals surface area contributed by atoms with E-state index in [0.29, 0.717) is 5.75 Å². The van der Waals surface area contributed by atoms with Gasteiger partial charge in [0.15, 0.2) is 5.76 Å². The molecule has 110 valence electrons. The number of nitrogens with one attached hydrogen (secondary N) is 2. The molecule has 0 unspecified atom stereocenters. The Bertz CT molecular complexity index is 570. The summed E-state index contributed by atoms with van der Waals surface area (Å²) in [5, 5.41) is 0. The number of hydrogen-bond acceptors (Lipinski definition) is 4. The van der Waals surface area contributed by atoms with E-state index in [-0.39, 0.29) is 11.7 Å². The van der Waals surface area contributed by atoms with E-state index in [1.807, 2.05) is 18.2 Å². The van der Waals surface area contributed by atoms with Gasteiger partial charge in [0.2, 0.25) is 5.91 Å². The Morgan fingerprint density at radius 3 is 2.57 bits per heavy atom. The molecular formula is C15H16N2O3S. The van der Waals surface area contributed by atoms with Gasteiger partial charge in [-0.2, -0.15) is 11.8 Å². The molecular weight excluding hydrogens is 288 g/mol. The molecule has 0 aliphatic rings. The van der Waals surface area contributed by atoms with Crippen LogP contribution in [0, 0.1) is 0 Å². The fourth-order valence-electron chi connectivity index (χ4n) is 1.63. The van der Waals surface area contributed by atoms with Crippen LogP contribution in [0.25, 0.3) is 0 Å². The van der Waals surface area contributed by atoms with Gasteiger partial charge in [-0.25, -0.2) is 0 Å². The van der Waals surface area contributed by atoms with Crippen LogP contribution in [-0.4, -0.2) is 23.3 Å². The summed E-state index contributed by atoms with van der Waals surface area (Å²) >= 11 is 1.52. The Kier molecular flexibility index (Phi) is 5.90. The molecule has 0 fully saturated rings. The molecule has 1 heterocycles. The van der Waals surface area contributed by atoms with Gasteiger partial charge in [0.05, 0.1) is 12.0 Å². The van der Waals surface area contributed by atoms with Crippen LogP contribution < -0.4 is 10.9 Å². The van der Waals surface area contributed by atoms with E-state index < -0.39 is 5.91 Å². The highest BCUT2D eigenvalue weighted by Gasteiger charge is 2.09. The average Bonchev–Trinajstić information content (AvgIpc) is 3.05. The molecule has 5 nitrogen and oxygen atoms in total. The molecule has 0 saturated carbocycles. The van der Waals surface area contributed by atoms with E-state index in [1.165, 1.54) is 29.7 Å². The molecule has 0 saturated heterocycles. The maximum Gasteiger partial charge on any atom is 0.305 e. The highest BCUT2D eigenvalue weighted by molar-refractivity contribution is 7.99. The van der Waals surface area contributed by atoms with Crippen molar-refractivity contribution in [1.29, 1.82) is 0 Å². The molecule has 2 rings (SSSR count). The van der Waals surface area contributed by atoms with Gasteiger partial charge in [-0.05, 0) is 29.9 Å². The zero-order valence-corrected chi connectivity index (χ0v) is 12.2. The minimum atomic E-state index is -0.470. The molecule has 2 aromatic rings. The lowest BCUT2D eigenvalue weighted by atomic mass is 10.2. The molecule has 0 aliphatic carbocycles. The second kappa shape index (κ2) is 8.16. The van der Waals surface area contributed by atoms with Gasteiger partial charge < -0.3 is 4.42 Å². The molecule has 0 spiro atoms. The van der Waals surface area contributed by atoms with Crippen LogP contribution in [0.5, 0.6) is 0 Å². The molecule has 1 aromatic heterocycles. The Morgan fingerprint density at radius 2 is 1.86 bits per heavy atom. The Hall–Kier alpha value is -2.21. The number of carbonyl (C=O) groups is 2. The van der Waals surface area contributed by atoms with Crippen LogP contribution in [0.2, 0.25) is 0 Å². The van der Waals surface area contributed by atoms with Crippen LogP contribution in [0.1, 0.15) is 16.1 Å². The summed E-state index contributed by atoms with van der Waals surface area (Å²) in [6.07, 6.45) is 2.31. The number of rotatable bonds is 6. The van der Waals surface area contributed by atoms with Crippen molar-refractivity contribution >= 4 is 23.6 Å². The quantitative estimate of drug-likeness (QED) is 0.632. The second-order valence-electron chi connectivity index (χ2n) is 4.27. The first-order valence-corrected chi connectivity index (χ1v) is 7.65. The summed E-state index contributed by atoms with van der Waals surface area (Å²) in [4.78, 5) is 23.0. The summed E-state index contributed by atoms with van der Waals surface area (Å²) in [6.45, 7) is 0. The number of carbonyl (C=O) groups excluding carboxylic acids is 2. The van der Waals surface area contributed by atoms with Crippen LogP contribution >= 0.6 is 11.8 Å². The highest BCUT2D eigenvalue weighted by atomic mass is 32.2. The van der Waals surface area contributed by atoms with E-state index in [4.69, 9.17) is 4.42 Å². The third-order valence-electron chi connectivity index (χ3n) is 2.67. The van der Waals surface area contributed by atoms with Gasteiger partial charge in [-0.1, -0.05) is 30.3 Å². The normalized spacial score (nSPS) is 10.1. The van der Waals surface area contributed by atoms with Crippen molar-refractivity contribution in [3.05, 3.63) is 60.1 Å². The third kappa shape index (κ3) is 5.35. The summed E-state index contributed by atoms with van der Waals surface area (Å²) in [5.74, 6) is 0.595. The number of aryl methyl sites for hydroxylation is 1. The number of amides is 2. The van der Waals surface area contributed by atoms with Crippen molar-refractivity contribution in [2.75, 3.05) is 11.5 Å². The SMILES string of the molecule is O=C(CSCCc1ccccc1)NNC(=O)c1ccco1. The Labute approximate surface area is 127 Å². The molecule has 2 amide bonds. The van der Waals surface area contributed by atoms with Crippen molar-refractivity contribution in [3.63, 3.8) is 0 Å². The van der Waals surface area contributed by atoms with Crippen LogP contribution in [0.15, 0.2) is 53.1 Å². The standard InChI is InChI=1S/C15H16N2O3S/c18-14(16-17-15(19)13-7-4-9-20-13)11-21-10-8-12-5-2-1-3-6-12/h1-7,9H,8,10-11H2,(H,16,18)(H,17,19). The molecule has 2 N–H and O–H groups in total. The monoisotopic (exact) mass is 304 g/mol. The van der Waals surface area contributed by atoms with E-state index in [2.05, 4.69) is 23.0 Å². The number of furan rings is 1. The van der Waals surface area contributed by atoms with Crippen LogP contribution in [-0.2, 0) is 11.2 Å². The smallest absolute Gasteiger partial charge is 0.305 e. The first-order valence-electron chi connectivity index (χ1n) is 6.50. The molecule has 0 aliphatic heterocycles. The fourth-order valence-corrected chi connectivity index (χ4v) is 2.41. The Morgan fingerprint density at radius 1 is 1.05 bits per heavy atom. The predicted molar refractivity (Wildman–Crippen MR) is 81.8 cm³/mol. The predicted octanol–water partition coefficient (Wildman–Crippen LogP) is 2.02. The van der Waals surface area contributed by atoms with Gasteiger partial charge in [-0.15, -0.1) is 0 Å². The van der Waals surface area contributed by atoms with Gasteiger partial charge in [0.25, 0.3) is 0 Å². The van der Waals surface area contributed by atoms with Crippen molar-refractivity contribution in [3.8, 4) is 0 Å². The van der Waals surface area contributed by atoms with Crippen LogP contribution in [0.4, 0.5) is 0 Å². The fraction of sp³-hybridized carbons (Fsp3) is 0.200. The van der Waals surface area contributed by atoms with E-state index in [1.54, 1.807) is 6.07 Å². The summed E-state index contributed by atoms with van der Waals surface area (Å²) < 4.78 is 4.91. The lowest BCUT2D eigenvalue weighted by molar-refractivity contribution is -0.119. The first kappa shape index (κ1) is 15.2. The summed E-state index contributed by atoms with van der Waals surface area (Å²) in [5.41, 5.74) is 5.89. The number of thioether (sulfide) groups is 1. The van der Waals surface area contributed by atoms with Crippen molar-refractivity contribution in [2.45, 2.75) is 6.42 Å². The number of hydrogen-bond donors (Lipinski definition) is 2. The molecule has 0 radical (unpaired) electrons. The first-order chi connectivity index (χ1) is 10.3. The lowest BCUT2D eigenvalue weighted by Gasteiger charge is -2.06. The minimum absolute atomic E-state index is 0.159. The molecule has 0 bridgehead atoms. The average molecular weight is 304 g/mol. The zero-order chi connectivity index (χ0) is 14.9. The third-order valence-corrected chi connectivity index (χ3v) is 3.63. The maximum atomic E-state index is 11.6. The van der Waals surface area contributed by atoms with E-state index >= 15 is 0 Å². The summed E-state index contributed by atoms with van der Waals surface area (Å²) in [6, 6.07) is 13.2. The maximum absolute atomic E-state index is 11.6. The van der Waals surface area contributed by atoms with Crippen molar-refractivity contribution in [1.82, 2.24) is 10.9 Å². The van der Waals surface area contributed by atoms with Gasteiger partial charge in [0.1, 0.15) is 0 Å². The number of benzene rings is 1.